The van der Waals surface area contributed by atoms with Crippen molar-refractivity contribution < 1.29 is 5.11 Å². The van der Waals surface area contributed by atoms with Gasteiger partial charge in [0.1, 0.15) is 6.10 Å². The zero-order valence-corrected chi connectivity index (χ0v) is 17.0. The van der Waals surface area contributed by atoms with Gasteiger partial charge in [-0.25, -0.2) is 0 Å². The highest BCUT2D eigenvalue weighted by atomic mass is 127. The van der Waals surface area contributed by atoms with Gasteiger partial charge in [-0.15, -0.1) is 35.3 Å². The molecule has 132 valence electrons. The monoisotopic (exact) mass is 468 g/mol. The largest absolute Gasteiger partial charge is 0.386 e. The van der Waals surface area contributed by atoms with E-state index in [0.29, 0.717) is 19.0 Å². The van der Waals surface area contributed by atoms with Gasteiger partial charge in [0.2, 0.25) is 0 Å². The molecule has 0 amide bonds. The molecule has 1 aromatic carbocycles. The number of rotatable bonds is 5. The van der Waals surface area contributed by atoms with Crippen molar-refractivity contribution in [2.24, 2.45) is 4.99 Å². The average molecular weight is 468 g/mol. The van der Waals surface area contributed by atoms with E-state index >= 15 is 0 Å². The van der Waals surface area contributed by atoms with Crippen LogP contribution in [-0.2, 0) is 6.54 Å². The van der Waals surface area contributed by atoms with Gasteiger partial charge in [0.25, 0.3) is 0 Å². The van der Waals surface area contributed by atoms with Crippen LogP contribution in [-0.4, -0.2) is 29.6 Å². The number of fused-ring (bicyclic) bond motifs is 1. The Morgan fingerprint density at radius 3 is 2.72 bits per heavy atom. The molecule has 2 heterocycles. The lowest BCUT2D eigenvalue weighted by molar-refractivity contribution is 0.184. The van der Waals surface area contributed by atoms with E-state index in [9.17, 15) is 5.11 Å². The van der Waals surface area contributed by atoms with Crippen molar-refractivity contribution in [2.45, 2.75) is 12.6 Å². The van der Waals surface area contributed by atoms with E-state index in [-0.39, 0.29) is 24.0 Å². The Balaban J connectivity index is 0.00000225. The third-order valence-electron chi connectivity index (χ3n) is 3.62. The third-order valence-corrected chi connectivity index (χ3v) is 4.84. The Hall–Kier alpha value is -1.71. The number of guanidine groups is 1. The molecule has 0 saturated heterocycles. The number of benzene rings is 1. The Labute approximate surface area is 168 Å². The molecular weight excluding hydrogens is 447 g/mol. The predicted octanol–water partition coefficient (Wildman–Crippen LogP) is 3.31. The molecule has 1 atom stereocenters. The van der Waals surface area contributed by atoms with Gasteiger partial charge in [-0.05, 0) is 29.7 Å². The van der Waals surface area contributed by atoms with Crippen molar-refractivity contribution in [3.63, 3.8) is 0 Å². The molecule has 3 aromatic rings. The van der Waals surface area contributed by atoms with Crippen LogP contribution in [0.5, 0.6) is 0 Å². The summed E-state index contributed by atoms with van der Waals surface area (Å²) in [4.78, 5) is 9.38. The van der Waals surface area contributed by atoms with Crippen molar-refractivity contribution in [3.8, 4) is 0 Å². The van der Waals surface area contributed by atoms with Crippen LogP contribution in [0, 0.1) is 0 Å². The van der Waals surface area contributed by atoms with Crippen LogP contribution in [0.15, 0.2) is 59.7 Å². The number of aromatic nitrogens is 1. The molecule has 0 aliphatic carbocycles. The maximum Gasteiger partial charge on any atom is 0.191 e. The molecule has 0 aliphatic rings. The smallest absolute Gasteiger partial charge is 0.191 e. The maximum atomic E-state index is 10.4. The van der Waals surface area contributed by atoms with Gasteiger partial charge >= 0.3 is 0 Å². The van der Waals surface area contributed by atoms with Crippen LogP contribution < -0.4 is 10.6 Å². The molecule has 3 rings (SSSR count). The first kappa shape index (κ1) is 19.6. The van der Waals surface area contributed by atoms with E-state index < -0.39 is 6.10 Å². The normalized spacial score (nSPS) is 12.5. The molecule has 0 radical (unpaired) electrons. The van der Waals surface area contributed by atoms with Crippen molar-refractivity contribution in [1.29, 1.82) is 0 Å². The Morgan fingerprint density at radius 2 is 2.00 bits per heavy atom. The first-order chi connectivity index (χ1) is 11.8. The number of aliphatic hydroxyl groups is 1. The first-order valence-electron chi connectivity index (χ1n) is 7.77. The summed E-state index contributed by atoms with van der Waals surface area (Å²) in [6.45, 7) is 0.980. The summed E-state index contributed by atoms with van der Waals surface area (Å²) < 4.78 is 1.18. The lowest BCUT2D eigenvalue weighted by Crippen LogP contribution is -2.39. The molecule has 0 bridgehead atoms. The topological polar surface area (TPSA) is 69.5 Å². The van der Waals surface area contributed by atoms with E-state index in [1.807, 2.05) is 36.4 Å². The van der Waals surface area contributed by atoms with Crippen LogP contribution in [0.4, 0.5) is 0 Å². The third kappa shape index (κ3) is 5.38. The van der Waals surface area contributed by atoms with Gasteiger partial charge in [0.15, 0.2) is 5.96 Å². The summed E-state index contributed by atoms with van der Waals surface area (Å²) in [5.74, 6) is 0.640. The summed E-state index contributed by atoms with van der Waals surface area (Å²) in [5.41, 5.74) is 0.936. The first-order valence-corrected chi connectivity index (χ1v) is 8.59. The van der Waals surface area contributed by atoms with Gasteiger partial charge in [0, 0.05) is 29.4 Å². The summed E-state index contributed by atoms with van der Waals surface area (Å²) in [7, 11) is 1.71. The second-order valence-electron chi connectivity index (χ2n) is 5.33. The maximum absolute atomic E-state index is 10.4. The molecule has 0 spiro atoms. The zero-order chi connectivity index (χ0) is 16.8. The number of hydrogen-bond donors (Lipinski definition) is 3. The average Bonchev–Trinajstić information content (AvgIpc) is 3.07. The zero-order valence-electron chi connectivity index (χ0n) is 13.8. The van der Waals surface area contributed by atoms with Crippen molar-refractivity contribution >= 4 is 51.4 Å². The van der Waals surface area contributed by atoms with Crippen LogP contribution >= 0.6 is 35.3 Å². The molecular formula is C18H21IN4OS. The molecule has 7 heteroatoms. The summed E-state index contributed by atoms with van der Waals surface area (Å²) in [6, 6.07) is 16.0. The highest BCUT2D eigenvalue weighted by molar-refractivity contribution is 14.0. The quantitative estimate of drug-likeness (QED) is 0.305. The molecule has 0 aliphatic heterocycles. The SMILES string of the molecule is CN=C(NCc1ccccn1)NCC(O)c1cc2ccccc2s1.I. The Bertz CT molecular complexity index is 789. The van der Waals surface area contributed by atoms with Crippen molar-refractivity contribution in [3.05, 3.63) is 65.3 Å². The second-order valence-corrected chi connectivity index (χ2v) is 6.45. The van der Waals surface area contributed by atoms with E-state index in [1.54, 1.807) is 24.6 Å². The highest BCUT2D eigenvalue weighted by Gasteiger charge is 2.12. The van der Waals surface area contributed by atoms with Crippen molar-refractivity contribution in [1.82, 2.24) is 15.6 Å². The Morgan fingerprint density at radius 1 is 1.20 bits per heavy atom. The second kappa shape index (κ2) is 9.69. The van der Waals surface area contributed by atoms with Crippen LogP contribution in [0.1, 0.15) is 16.7 Å². The fourth-order valence-electron chi connectivity index (χ4n) is 2.36. The highest BCUT2D eigenvalue weighted by Crippen LogP contribution is 2.29. The number of aliphatic hydroxyl groups excluding tert-OH is 1. The number of aliphatic imine (C=N–C) groups is 1. The summed E-state index contributed by atoms with van der Waals surface area (Å²) in [6.07, 6.45) is 1.19. The fourth-order valence-corrected chi connectivity index (χ4v) is 3.41. The minimum absolute atomic E-state index is 0. The minimum Gasteiger partial charge on any atom is -0.386 e. The fraction of sp³-hybridized carbons (Fsp3) is 0.222. The number of nitrogens with one attached hydrogen (secondary N) is 2. The summed E-state index contributed by atoms with van der Waals surface area (Å²) >= 11 is 1.61. The molecule has 0 saturated carbocycles. The van der Waals surface area contributed by atoms with Gasteiger partial charge in [-0.2, -0.15) is 0 Å². The van der Waals surface area contributed by atoms with Crippen LogP contribution in [0.25, 0.3) is 10.1 Å². The lowest BCUT2D eigenvalue weighted by atomic mass is 10.2. The number of nitrogens with zero attached hydrogens (tertiary/aromatic N) is 2. The summed E-state index contributed by atoms with van der Waals surface area (Å²) in [5, 5.41) is 17.9. The molecule has 2 aromatic heterocycles. The lowest BCUT2D eigenvalue weighted by Gasteiger charge is -2.14. The number of pyridine rings is 1. The van der Waals surface area contributed by atoms with Crippen molar-refractivity contribution in [2.75, 3.05) is 13.6 Å². The predicted molar refractivity (Wildman–Crippen MR) is 115 cm³/mol. The van der Waals surface area contributed by atoms with Gasteiger partial charge in [0.05, 0.1) is 12.2 Å². The standard InChI is InChI=1S/C18H20N4OS.HI/c1-19-18(21-11-14-7-4-5-9-20-14)22-12-15(23)17-10-13-6-2-3-8-16(13)24-17;/h2-10,15,23H,11-12H2,1H3,(H2,19,21,22);1H. The van der Waals surface area contributed by atoms with Crippen LogP contribution in [0.2, 0.25) is 0 Å². The molecule has 1 unspecified atom stereocenters. The van der Waals surface area contributed by atoms with E-state index in [0.717, 1.165) is 16.0 Å². The van der Waals surface area contributed by atoms with Gasteiger partial charge in [-0.3, -0.25) is 9.98 Å². The molecule has 5 nitrogen and oxygen atoms in total. The number of halogens is 1. The van der Waals surface area contributed by atoms with Crippen LogP contribution in [0.3, 0.4) is 0 Å². The number of hydrogen-bond acceptors (Lipinski definition) is 4. The van der Waals surface area contributed by atoms with Gasteiger partial charge in [-0.1, -0.05) is 24.3 Å². The molecule has 25 heavy (non-hydrogen) atoms. The van der Waals surface area contributed by atoms with Gasteiger partial charge < -0.3 is 15.7 Å². The van der Waals surface area contributed by atoms with E-state index in [4.69, 9.17) is 0 Å². The molecule has 3 N–H and O–H groups in total. The molecule has 0 fully saturated rings. The Kier molecular flexibility index (Phi) is 7.60. The van der Waals surface area contributed by atoms with E-state index in [1.165, 1.54) is 4.70 Å². The van der Waals surface area contributed by atoms with E-state index in [2.05, 4.69) is 32.7 Å². The number of thiophene rings is 1. The minimum atomic E-state index is -0.573.